The fourth-order valence-corrected chi connectivity index (χ4v) is 7.91. The second-order valence-corrected chi connectivity index (χ2v) is 14.1. The van der Waals surface area contributed by atoms with Gasteiger partial charge in [0.15, 0.2) is 17.5 Å². The largest absolute Gasteiger partial charge is 0.456 e. The van der Waals surface area contributed by atoms with Crippen LogP contribution in [0.25, 0.3) is 106 Å². The Balaban J connectivity index is 1.03. The third kappa shape index (κ3) is 5.45. The van der Waals surface area contributed by atoms with Crippen molar-refractivity contribution in [2.24, 2.45) is 0 Å². The molecule has 8 aromatic carbocycles. The van der Waals surface area contributed by atoms with Gasteiger partial charge in [0.05, 0.1) is 11.0 Å². The van der Waals surface area contributed by atoms with Crippen molar-refractivity contribution in [3.8, 4) is 62.1 Å². The van der Waals surface area contributed by atoms with Crippen molar-refractivity contribution in [1.29, 1.82) is 0 Å². The molecule has 0 aliphatic rings. The van der Waals surface area contributed by atoms with Gasteiger partial charge >= 0.3 is 0 Å². The van der Waals surface area contributed by atoms with E-state index in [2.05, 4.69) is 150 Å². The van der Waals surface area contributed by atoms with E-state index in [9.17, 15) is 0 Å². The summed E-state index contributed by atoms with van der Waals surface area (Å²) in [5, 5.41) is 4.63. The first-order valence-electron chi connectivity index (χ1n) is 18.8. The number of nitrogens with zero attached hydrogens (tertiary/aromatic N) is 4. The number of benzene rings is 8. The molecule has 0 fully saturated rings. The Morgan fingerprint density at radius 3 is 1.57 bits per heavy atom. The van der Waals surface area contributed by atoms with E-state index in [0.717, 1.165) is 72.0 Å². The van der Waals surface area contributed by atoms with Crippen molar-refractivity contribution in [3.63, 3.8) is 0 Å². The number of fused-ring (bicyclic) bond motifs is 6. The Morgan fingerprint density at radius 1 is 0.304 bits per heavy atom. The Labute approximate surface area is 322 Å². The highest BCUT2D eigenvalue weighted by Gasteiger charge is 2.17. The maximum absolute atomic E-state index is 6.13. The molecule has 0 saturated carbocycles. The van der Waals surface area contributed by atoms with Gasteiger partial charge in [-0.1, -0.05) is 146 Å². The van der Waals surface area contributed by atoms with Crippen molar-refractivity contribution in [3.05, 3.63) is 194 Å². The van der Waals surface area contributed by atoms with Crippen LogP contribution < -0.4 is 0 Å². The topological polar surface area (TPSA) is 56.7 Å². The van der Waals surface area contributed by atoms with Crippen LogP contribution in [0.15, 0.2) is 199 Å². The summed E-state index contributed by atoms with van der Waals surface area (Å²) < 4.78 is 8.47. The van der Waals surface area contributed by atoms with Crippen LogP contribution >= 0.6 is 0 Å². The fourth-order valence-electron chi connectivity index (χ4n) is 7.91. The molecule has 262 valence electrons. The summed E-state index contributed by atoms with van der Waals surface area (Å²) in [5.41, 5.74) is 12.5. The number of hydrogen-bond donors (Lipinski definition) is 0. The maximum atomic E-state index is 6.13. The second-order valence-electron chi connectivity index (χ2n) is 14.1. The van der Waals surface area contributed by atoms with E-state index in [0.29, 0.717) is 17.5 Å². The zero-order chi connectivity index (χ0) is 37.0. The van der Waals surface area contributed by atoms with Crippen LogP contribution in [-0.2, 0) is 0 Å². The molecule has 0 unspecified atom stereocenters. The summed E-state index contributed by atoms with van der Waals surface area (Å²) in [5.74, 6) is 1.88. The van der Waals surface area contributed by atoms with Crippen LogP contribution in [0.2, 0.25) is 0 Å². The van der Waals surface area contributed by atoms with Gasteiger partial charge < -0.3 is 8.98 Å². The van der Waals surface area contributed by atoms with Crippen molar-refractivity contribution >= 4 is 43.7 Å². The van der Waals surface area contributed by atoms with Crippen molar-refractivity contribution in [1.82, 2.24) is 19.5 Å². The monoisotopic (exact) mass is 716 g/mol. The minimum atomic E-state index is 0.619. The normalized spacial score (nSPS) is 11.6. The summed E-state index contributed by atoms with van der Waals surface area (Å²) in [6, 6.07) is 67.6. The van der Waals surface area contributed by atoms with Crippen LogP contribution in [-0.4, -0.2) is 19.5 Å². The van der Waals surface area contributed by atoms with E-state index >= 15 is 0 Å². The highest BCUT2D eigenvalue weighted by molar-refractivity contribution is 6.11. The lowest BCUT2D eigenvalue weighted by Gasteiger charge is -2.12. The average Bonchev–Trinajstić information content (AvgIpc) is 3.82. The van der Waals surface area contributed by atoms with E-state index in [4.69, 9.17) is 19.4 Å². The molecule has 0 radical (unpaired) electrons. The first-order chi connectivity index (χ1) is 27.7. The van der Waals surface area contributed by atoms with Gasteiger partial charge in [-0.3, -0.25) is 0 Å². The quantitative estimate of drug-likeness (QED) is 0.172. The highest BCUT2D eigenvalue weighted by atomic mass is 16.3. The predicted molar refractivity (Wildman–Crippen MR) is 229 cm³/mol. The molecule has 11 aromatic rings. The summed E-state index contributed by atoms with van der Waals surface area (Å²) in [7, 11) is 0. The van der Waals surface area contributed by atoms with Gasteiger partial charge in [0.1, 0.15) is 11.2 Å². The zero-order valence-electron chi connectivity index (χ0n) is 30.2. The molecule has 0 spiro atoms. The van der Waals surface area contributed by atoms with Crippen molar-refractivity contribution in [2.75, 3.05) is 0 Å². The number of aromatic nitrogens is 4. The van der Waals surface area contributed by atoms with Crippen LogP contribution in [0, 0.1) is 0 Å². The third-order valence-electron chi connectivity index (χ3n) is 10.7. The first-order valence-corrected chi connectivity index (χ1v) is 18.8. The second kappa shape index (κ2) is 13.0. The highest BCUT2D eigenvalue weighted by Crippen LogP contribution is 2.38. The van der Waals surface area contributed by atoms with Crippen LogP contribution in [0.1, 0.15) is 0 Å². The minimum absolute atomic E-state index is 0.619. The molecule has 3 aromatic heterocycles. The zero-order valence-corrected chi connectivity index (χ0v) is 30.2. The number of rotatable bonds is 6. The summed E-state index contributed by atoms with van der Waals surface area (Å²) >= 11 is 0. The smallest absolute Gasteiger partial charge is 0.164 e. The average molecular weight is 717 g/mol. The molecule has 11 rings (SSSR count). The Morgan fingerprint density at radius 2 is 0.804 bits per heavy atom. The molecule has 56 heavy (non-hydrogen) atoms. The van der Waals surface area contributed by atoms with E-state index in [1.807, 2.05) is 48.5 Å². The molecular weight excluding hydrogens is 685 g/mol. The molecule has 0 atom stereocenters. The Hall–Kier alpha value is -7.63. The Kier molecular flexibility index (Phi) is 7.42. The maximum Gasteiger partial charge on any atom is 0.164 e. The van der Waals surface area contributed by atoms with Gasteiger partial charge in [0.25, 0.3) is 0 Å². The van der Waals surface area contributed by atoms with Crippen molar-refractivity contribution in [2.45, 2.75) is 0 Å². The third-order valence-corrected chi connectivity index (χ3v) is 10.7. The molecule has 3 heterocycles. The number of para-hydroxylation sites is 2. The number of furan rings is 1. The molecule has 0 bridgehead atoms. The SMILES string of the molecule is c1ccc(-c2ccc(-c3nc(-c4ccccc4)nc(-c4cccc(-n5c6ccccc6c6cc(-c7ccc8oc9ccccc9c8c7)ccc65)c4)n3)cc2)cc1. The van der Waals surface area contributed by atoms with Gasteiger partial charge in [-0.15, -0.1) is 0 Å². The van der Waals surface area contributed by atoms with E-state index in [1.165, 1.54) is 16.3 Å². The van der Waals surface area contributed by atoms with Gasteiger partial charge in [-0.05, 0) is 70.8 Å². The van der Waals surface area contributed by atoms with Gasteiger partial charge in [-0.2, -0.15) is 0 Å². The van der Waals surface area contributed by atoms with E-state index < -0.39 is 0 Å². The lowest BCUT2D eigenvalue weighted by molar-refractivity contribution is 0.669. The van der Waals surface area contributed by atoms with Crippen LogP contribution in [0.3, 0.4) is 0 Å². The summed E-state index contributed by atoms with van der Waals surface area (Å²) in [6.07, 6.45) is 0. The molecule has 0 N–H and O–H groups in total. The van der Waals surface area contributed by atoms with Crippen LogP contribution in [0.4, 0.5) is 0 Å². The lowest BCUT2D eigenvalue weighted by Crippen LogP contribution is -2.01. The standard InChI is InChI=1S/C51H32N4O/c1-3-12-33(13-4-1)34-22-24-36(25-23-34)50-52-49(35-14-5-2-6-15-35)53-51(54-50)39-16-11-17-40(30-39)55-45-20-9-7-18-41(45)43-31-37(26-28-46(43)55)38-27-29-48-44(32-38)42-19-8-10-21-47(42)56-48/h1-32H. The minimum Gasteiger partial charge on any atom is -0.456 e. The van der Waals surface area contributed by atoms with Gasteiger partial charge in [-0.25, -0.2) is 15.0 Å². The van der Waals surface area contributed by atoms with Crippen molar-refractivity contribution < 1.29 is 4.42 Å². The molecule has 0 saturated heterocycles. The van der Waals surface area contributed by atoms with Crippen LogP contribution in [0.5, 0.6) is 0 Å². The molecular formula is C51H32N4O. The fraction of sp³-hybridized carbons (Fsp3) is 0. The van der Waals surface area contributed by atoms with Gasteiger partial charge in [0, 0.05) is 43.9 Å². The lowest BCUT2D eigenvalue weighted by atomic mass is 10.0. The van der Waals surface area contributed by atoms with E-state index in [-0.39, 0.29) is 0 Å². The van der Waals surface area contributed by atoms with E-state index in [1.54, 1.807) is 0 Å². The first kappa shape index (κ1) is 31.9. The predicted octanol–water partition coefficient (Wildman–Crippen LogP) is 13.2. The molecule has 5 heteroatoms. The Bertz CT molecular complexity index is 3240. The molecule has 0 aliphatic carbocycles. The number of hydrogen-bond acceptors (Lipinski definition) is 4. The summed E-state index contributed by atoms with van der Waals surface area (Å²) in [4.78, 5) is 15.1. The van der Waals surface area contributed by atoms with Gasteiger partial charge in [0.2, 0.25) is 0 Å². The summed E-state index contributed by atoms with van der Waals surface area (Å²) in [6.45, 7) is 0. The molecule has 0 aliphatic heterocycles. The molecule has 5 nitrogen and oxygen atoms in total. The molecule has 0 amide bonds.